The van der Waals surface area contributed by atoms with E-state index in [1.807, 2.05) is 36.6 Å². The number of rotatable bonds is 6. The molecule has 0 aliphatic heterocycles. The molecule has 1 N–H and O–H groups in total. The summed E-state index contributed by atoms with van der Waals surface area (Å²) in [6, 6.07) is 12.1. The number of aryl methyl sites for hydroxylation is 1. The first-order valence-corrected chi connectivity index (χ1v) is 9.57. The summed E-state index contributed by atoms with van der Waals surface area (Å²) in [5.41, 5.74) is 0.823. The van der Waals surface area contributed by atoms with Crippen molar-refractivity contribution in [2.24, 2.45) is 0 Å². The van der Waals surface area contributed by atoms with Gasteiger partial charge in [0, 0.05) is 10.9 Å². The van der Waals surface area contributed by atoms with Gasteiger partial charge in [0.05, 0.1) is 24.4 Å². The van der Waals surface area contributed by atoms with E-state index in [0.717, 1.165) is 15.1 Å². The van der Waals surface area contributed by atoms with Gasteiger partial charge in [0.25, 0.3) is 5.56 Å². The van der Waals surface area contributed by atoms with Crippen LogP contribution in [0.2, 0.25) is 0 Å². The average molecular weight is 397 g/mol. The minimum Gasteiger partial charge on any atom is -0.461 e. The molecule has 0 fully saturated rings. The molecule has 1 aromatic carbocycles. The van der Waals surface area contributed by atoms with Gasteiger partial charge in [0.15, 0.2) is 5.69 Å². The van der Waals surface area contributed by atoms with Crippen LogP contribution in [0.1, 0.15) is 27.9 Å². The van der Waals surface area contributed by atoms with Gasteiger partial charge in [-0.3, -0.25) is 9.59 Å². The van der Waals surface area contributed by atoms with Gasteiger partial charge in [0.2, 0.25) is 5.91 Å². The van der Waals surface area contributed by atoms with E-state index < -0.39 is 11.5 Å². The second-order valence-electron chi connectivity index (χ2n) is 5.97. The molecule has 3 aromatic rings. The zero-order valence-electron chi connectivity index (χ0n) is 15.5. The third-order valence-corrected chi connectivity index (χ3v) is 4.81. The first-order valence-electron chi connectivity index (χ1n) is 8.69. The molecule has 0 bridgehead atoms. The van der Waals surface area contributed by atoms with Gasteiger partial charge in [-0.05, 0) is 36.9 Å². The molecule has 8 heteroatoms. The molecular formula is C20H19N3O4S. The molecule has 2 aromatic heterocycles. The summed E-state index contributed by atoms with van der Waals surface area (Å²) in [7, 11) is 0. The maximum atomic E-state index is 12.6. The Balaban J connectivity index is 2.00. The maximum absolute atomic E-state index is 12.6. The molecule has 0 unspecified atom stereocenters. The number of aromatic nitrogens is 2. The van der Waals surface area contributed by atoms with Crippen LogP contribution in [0.25, 0.3) is 5.69 Å². The Labute approximate surface area is 165 Å². The van der Waals surface area contributed by atoms with Crippen LogP contribution >= 0.6 is 11.3 Å². The molecule has 28 heavy (non-hydrogen) atoms. The number of hydrogen-bond donors (Lipinski definition) is 1. The summed E-state index contributed by atoms with van der Waals surface area (Å²) in [5.74, 6) is -1.06. The van der Waals surface area contributed by atoms with Gasteiger partial charge >= 0.3 is 5.97 Å². The number of carbonyl (C=O) groups excluding carboxylic acids is 2. The number of thiophene rings is 1. The van der Waals surface area contributed by atoms with Gasteiger partial charge in [-0.15, -0.1) is 11.3 Å². The zero-order chi connectivity index (χ0) is 20.1. The first-order chi connectivity index (χ1) is 13.5. The lowest BCUT2D eigenvalue weighted by Crippen LogP contribution is -2.28. The molecule has 1 amide bonds. The van der Waals surface area contributed by atoms with Crippen molar-refractivity contribution in [3.05, 3.63) is 74.3 Å². The van der Waals surface area contributed by atoms with Gasteiger partial charge in [0.1, 0.15) is 0 Å². The number of carbonyl (C=O) groups is 2. The largest absolute Gasteiger partial charge is 0.461 e. The molecule has 0 radical (unpaired) electrons. The Hall–Kier alpha value is -3.26. The molecular weight excluding hydrogens is 378 g/mol. The Kier molecular flexibility index (Phi) is 6.00. The number of nitrogens with zero attached hydrogens (tertiary/aromatic N) is 2. The number of nitrogens with one attached hydrogen (secondary N) is 1. The van der Waals surface area contributed by atoms with Gasteiger partial charge in [-0.25, -0.2) is 4.79 Å². The van der Waals surface area contributed by atoms with Crippen molar-refractivity contribution < 1.29 is 14.3 Å². The highest BCUT2D eigenvalue weighted by Gasteiger charge is 2.20. The van der Waals surface area contributed by atoms with Crippen LogP contribution in [0.4, 0.5) is 5.69 Å². The number of hydrogen-bond acceptors (Lipinski definition) is 6. The minimum atomic E-state index is -0.712. The predicted molar refractivity (Wildman–Crippen MR) is 107 cm³/mol. The summed E-state index contributed by atoms with van der Waals surface area (Å²) in [6.07, 6.45) is 0.140. The molecule has 0 spiro atoms. The first kappa shape index (κ1) is 19.5. The number of esters is 1. The van der Waals surface area contributed by atoms with Gasteiger partial charge < -0.3 is 10.1 Å². The summed E-state index contributed by atoms with van der Waals surface area (Å²) < 4.78 is 6.19. The Bertz CT molecular complexity index is 1060. The molecule has 7 nitrogen and oxygen atoms in total. The minimum absolute atomic E-state index is 0.0369. The van der Waals surface area contributed by atoms with Crippen molar-refractivity contribution >= 4 is 28.9 Å². The molecule has 0 atom stereocenters. The molecule has 0 aliphatic rings. The predicted octanol–water partition coefficient (Wildman–Crippen LogP) is 2.96. The standard InChI is InChI=1S/C20H19N3O4S/c1-3-27-20(26)19-15(21-17(24)11-14-8-6-10-28-14)12-18(25)23(22-19)16-9-5-4-7-13(16)2/h4-10,12H,3,11H2,1-2H3,(H,21,24). The monoisotopic (exact) mass is 397 g/mol. The number of ether oxygens (including phenoxy) is 1. The summed E-state index contributed by atoms with van der Waals surface area (Å²) in [5, 5.41) is 8.68. The van der Waals surface area contributed by atoms with Crippen LogP contribution in [-0.4, -0.2) is 28.3 Å². The van der Waals surface area contributed by atoms with Crippen LogP contribution in [0, 0.1) is 6.92 Å². The quantitative estimate of drug-likeness (QED) is 0.646. The lowest BCUT2D eigenvalue weighted by Gasteiger charge is -2.13. The molecule has 0 saturated carbocycles. The third kappa shape index (κ3) is 4.34. The van der Waals surface area contributed by atoms with E-state index >= 15 is 0 Å². The normalized spacial score (nSPS) is 10.5. The van der Waals surface area contributed by atoms with Gasteiger partial charge in [-0.1, -0.05) is 24.3 Å². The van der Waals surface area contributed by atoms with E-state index in [1.165, 1.54) is 17.4 Å². The molecule has 3 rings (SSSR count). The fourth-order valence-corrected chi connectivity index (χ4v) is 3.34. The Morgan fingerprint density at radius 1 is 1.21 bits per heavy atom. The van der Waals surface area contributed by atoms with E-state index in [-0.39, 0.29) is 30.3 Å². The highest BCUT2D eigenvalue weighted by Crippen LogP contribution is 2.17. The smallest absolute Gasteiger partial charge is 0.360 e. The number of anilines is 1. The fraction of sp³-hybridized carbons (Fsp3) is 0.200. The Morgan fingerprint density at radius 2 is 2.00 bits per heavy atom. The average Bonchev–Trinajstić information content (AvgIpc) is 3.15. The second-order valence-corrected chi connectivity index (χ2v) is 7.00. The van der Waals surface area contributed by atoms with Crippen molar-refractivity contribution in [3.63, 3.8) is 0 Å². The van der Waals surface area contributed by atoms with Crippen LogP contribution in [0.5, 0.6) is 0 Å². The van der Waals surface area contributed by atoms with Crippen LogP contribution in [-0.2, 0) is 16.0 Å². The zero-order valence-corrected chi connectivity index (χ0v) is 16.3. The highest BCUT2D eigenvalue weighted by atomic mass is 32.1. The third-order valence-electron chi connectivity index (χ3n) is 3.93. The SMILES string of the molecule is CCOC(=O)c1nn(-c2ccccc2C)c(=O)cc1NC(=O)Cc1cccs1. The van der Waals surface area contributed by atoms with Crippen LogP contribution in [0.15, 0.2) is 52.6 Å². The molecule has 144 valence electrons. The van der Waals surface area contributed by atoms with E-state index in [2.05, 4.69) is 10.4 Å². The molecule has 2 heterocycles. The lowest BCUT2D eigenvalue weighted by atomic mass is 10.2. The second kappa shape index (κ2) is 8.62. The van der Waals surface area contributed by atoms with Crippen molar-refractivity contribution in [1.29, 1.82) is 0 Å². The van der Waals surface area contributed by atoms with Crippen LogP contribution < -0.4 is 10.9 Å². The van der Waals surface area contributed by atoms with E-state index in [4.69, 9.17) is 4.74 Å². The highest BCUT2D eigenvalue weighted by molar-refractivity contribution is 7.10. The molecule has 0 saturated heterocycles. The number of benzene rings is 1. The van der Waals surface area contributed by atoms with E-state index in [9.17, 15) is 14.4 Å². The Morgan fingerprint density at radius 3 is 2.68 bits per heavy atom. The van der Waals surface area contributed by atoms with Crippen molar-refractivity contribution in [1.82, 2.24) is 9.78 Å². The van der Waals surface area contributed by atoms with E-state index in [0.29, 0.717) is 5.69 Å². The van der Waals surface area contributed by atoms with Crippen LogP contribution in [0.3, 0.4) is 0 Å². The molecule has 0 aliphatic carbocycles. The maximum Gasteiger partial charge on any atom is 0.360 e. The van der Waals surface area contributed by atoms with Gasteiger partial charge in [-0.2, -0.15) is 9.78 Å². The number of para-hydroxylation sites is 1. The summed E-state index contributed by atoms with van der Waals surface area (Å²) >= 11 is 1.45. The fourth-order valence-electron chi connectivity index (χ4n) is 2.64. The summed E-state index contributed by atoms with van der Waals surface area (Å²) in [6.45, 7) is 3.65. The summed E-state index contributed by atoms with van der Waals surface area (Å²) in [4.78, 5) is 38.2. The van der Waals surface area contributed by atoms with Crippen molar-refractivity contribution in [3.8, 4) is 5.69 Å². The van der Waals surface area contributed by atoms with E-state index in [1.54, 1.807) is 19.1 Å². The van der Waals surface area contributed by atoms with Crippen molar-refractivity contribution in [2.45, 2.75) is 20.3 Å². The number of amides is 1. The lowest BCUT2D eigenvalue weighted by molar-refractivity contribution is -0.115. The topological polar surface area (TPSA) is 90.3 Å². The van der Waals surface area contributed by atoms with Crippen molar-refractivity contribution in [2.75, 3.05) is 11.9 Å².